The summed E-state index contributed by atoms with van der Waals surface area (Å²) < 4.78 is 0. The van der Waals surface area contributed by atoms with E-state index in [-0.39, 0.29) is 17.3 Å². The maximum absolute atomic E-state index is 12.4. The van der Waals surface area contributed by atoms with E-state index in [1.165, 1.54) is 0 Å². The van der Waals surface area contributed by atoms with E-state index in [1.807, 2.05) is 49.4 Å². The van der Waals surface area contributed by atoms with Crippen molar-refractivity contribution < 1.29 is 9.59 Å². The van der Waals surface area contributed by atoms with E-state index in [0.717, 1.165) is 11.1 Å². The van der Waals surface area contributed by atoms with Crippen LogP contribution < -0.4 is 5.32 Å². The van der Waals surface area contributed by atoms with Crippen LogP contribution in [-0.2, 0) is 9.59 Å². The lowest BCUT2D eigenvalue weighted by atomic mass is 10.0. The van der Waals surface area contributed by atoms with Crippen molar-refractivity contribution in [3.63, 3.8) is 0 Å². The number of amides is 1. The first-order valence-corrected chi connectivity index (χ1v) is 7.28. The third-order valence-electron chi connectivity index (χ3n) is 3.39. The molecule has 0 spiro atoms. The van der Waals surface area contributed by atoms with Gasteiger partial charge in [-0.1, -0.05) is 49.4 Å². The lowest BCUT2D eigenvalue weighted by molar-refractivity contribution is -0.119. The molecule has 0 atom stereocenters. The second kappa shape index (κ2) is 7.36. The van der Waals surface area contributed by atoms with Gasteiger partial charge >= 0.3 is 0 Å². The Morgan fingerprint density at radius 2 is 1.64 bits per heavy atom. The maximum atomic E-state index is 12.4. The number of anilines is 1. The minimum atomic E-state index is -0.374. The first-order chi connectivity index (χ1) is 10.6. The lowest BCUT2D eigenvalue weighted by Gasteiger charge is -2.08. The second-order valence-corrected chi connectivity index (χ2v) is 5.01. The van der Waals surface area contributed by atoms with E-state index in [4.69, 9.17) is 0 Å². The zero-order chi connectivity index (χ0) is 15.9. The zero-order valence-electron chi connectivity index (χ0n) is 12.8. The number of hydrogen-bond donors (Lipinski definition) is 1. The molecule has 0 bridgehead atoms. The van der Waals surface area contributed by atoms with Gasteiger partial charge in [-0.3, -0.25) is 9.59 Å². The van der Waals surface area contributed by atoms with Gasteiger partial charge in [0.25, 0.3) is 5.91 Å². The zero-order valence-corrected chi connectivity index (χ0v) is 12.8. The molecule has 0 aliphatic rings. The average molecular weight is 293 g/mol. The molecule has 2 aromatic rings. The molecule has 0 aliphatic heterocycles. The van der Waals surface area contributed by atoms with Crippen LogP contribution in [0.15, 0.2) is 60.2 Å². The van der Waals surface area contributed by atoms with Crippen LogP contribution in [0.4, 0.5) is 5.69 Å². The van der Waals surface area contributed by atoms with E-state index in [0.29, 0.717) is 12.1 Å². The standard InChI is InChI=1S/C19H19NO2/c1-3-18(21)17(13-15-10-8-7-9-14(15)2)19(22)20-16-11-5-4-6-12-16/h4-13H,3H2,1-2H3,(H,20,22)/b17-13+. The second-order valence-electron chi connectivity index (χ2n) is 5.01. The van der Waals surface area contributed by atoms with E-state index < -0.39 is 0 Å². The van der Waals surface area contributed by atoms with Crippen LogP contribution in [-0.4, -0.2) is 11.7 Å². The van der Waals surface area contributed by atoms with Crippen molar-refractivity contribution in [2.24, 2.45) is 0 Å². The summed E-state index contributed by atoms with van der Waals surface area (Å²) in [5.41, 5.74) is 2.76. The van der Waals surface area contributed by atoms with Crippen molar-refractivity contribution >= 4 is 23.5 Å². The summed E-state index contributed by atoms with van der Waals surface area (Å²) in [6.45, 7) is 3.71. The topological polar surface area (TPSA) is 46.2 Å². The Bertz CT molecular complexity index is 702. The Kier molecular flexibility index (Phi) is 5.26. The van der Waals surface area contributed by atoms with Crippen molar-refractivity contribution in [2.45, 2.75) is 20.3 Å². The van der Waals surface area contributed by atoms with Crippen molar-refractivity contribution in [3.05, 3.63) is 71.3 Å². The van der Waals surface area contributed by atoms with Crippen molar-refractivity contribution in [1.82, 2.24) is 0 Å². The number of nitrogens with one attached hydrogen (secondary N) is 1. The molecule has 2 rings (SSSR count). The molecule has 0 aliphatic carbocycles. The predicted molar refractivity (Wildman–Crippen MR) is 89.5 cm³/mol. The first-order valence-electron chi connectivity index (χ1n) is 7.28. The molecule has 22 heavy (non-hydrogen) atoms. The number of para-hydroxylation sites is 1. The molecule has 0 aromatic heterocycles. The monoisotopic (exact) mass is 293 g/mol. The summed E-state index contributed by atoms with van der Waals surface area (Å²) in [6, 6.07) is 16.8. The molecule has 0 heterocycles. The number of benzene rings is 2. The summed E-state index contributed by atoms with van der Waals surface area (Å²) in [5, 5.41) is 2.77. The summed E-state index contributed by atoms with van der Waals surface area (Å²) >= 11 is 0. The number of carbonyl (C=O) groups is 2. The number of carbonyl (C=O) groups excluding carboxylic acids is 2. The highest BCUT2D eigenvalue weighted by molar-refractivity contribution is 6.26. The van der Waals surface area contributed by atoms with Crippen LogP contribution in [0.2, 0.25) is 0 Å². The van der Waals surface area contributed by atoms with Crippen LogP contribution in [0.3, 0.4) is 0 Å². The van der Waals surface area contributed by atoms with E-state index in [9.17, 15) is 9.59 Å². The first kappa shape index (κ1) is 15.7. The van der Waals surface area contributed by atoms with Crippen molar-refractivity contribution in [1.29, 1.82) is 0 Å². The van der Waals surface area contributed by atoms with Crippen LogP contribution in [0, 0.1) is 6.92 Å². The van der Waals surface area contributed by atoms with Gasteiger partial charge in [0, 0.05) is 12.1 Å². The number of aryl methyl sites for hydroxylation is 1. The largest absolute Gasteiger partial charge is 0.322 e. The van der Waals surface area contributed by atoms with Crippen LogP contribution in [0.5, 0.6) is 0 Å². The minimum Gasteiger partial charge on any atom is -0.322 e. The van der Waals surface area contributed by atoms with Crippen LogP contribution in [0.25, 0.3) is 6.08 Å². The highest BCUT2D eigenvalue weighted by Crippen LogP contribution is 2.16. The van der Waals surface area contributed by atoms with Gasteiger partial charge in [0.2, 0.25) is 0 Å². The van der Waals surface area contributed by atoms with Gasteiger partial charge in [-0.2, -0.15) is 0 Å². The van der Waals surface area contributed by atoms with Gasteiger partial charge in [-0.15, -0.1) is 0 Å². The SMILES string of the molecule is CCC(=O)/C(=C\c1ccccc1C)C(=O)Nc1ccccc1. The molecule has 112 valence electrons. The number of hydrogen-bond acceptors (Lipinski definition) is 2. The van der Waals surface area contributed by atoms with Gasteiger partial charge in [-0.05, 0) is 36.3 Å². The number of Topliss-reactive ketones (excluding diaryl/α,β-unsaturated/α-hetero) is 1. The maximum Gasteiger partial charge on any atom is 0.259 e. The lowest BCUT2D eigenvalue weighted by Crippen LogP contribution is -2.20. The predicted octanol–water partition coefficient (Wildman–Crippen LogP) is 4.00. The smallest absolute Gasteiger partial charge is 0.259 e. The van der Waals surface area contributed by atoms with Gasteiger partial charge in [0.15, 0.2) is 5.78 Å². The number of ketones is 1. The van der Waals surface area contributed by atoms with Gasteiger partial charge < -0.3 is 5.32 Å². The summed E-state index contributed by atoms with van der Waals surface area (Å²) in [7, 11) is 0. The van der Waals surface area contributed by atoms with Crippen molar-refractivity contribution in [2.75, 3.05) is 5.32 Å². The van der Waals surface area contributed by atoms with Gasteiger partial charge in [0.1, 0.15) is 0 Å². The van der Waals surface area contributed by atoms with E-state index >= 15 is 0 Å². The molecule has 0 saturated carbocycles. The fourth-order valence-corrected chi connectivity index (χ4v) is 2.09. The third kappa shape index (κ3) is 3.92. The molecular formula is C19H19NO2. The number of rotatable bonds is 5. The Balaban J connectivity index is 2.32. The fraction of sp³-hybridized carbons (Fsp3) is 0.158. The van der Waals surface area contributed by atoms with Crippen LogP contribution in [0.1, 0.15) is 24.5 Å². The fourth-order valence-electron chi connectivity index (χ4n) is 2.09. The molecule has 0 saturated heterocycles. The van der Waals surface area contributed by atoms with Gasteiger partial charge in [-0.25, -0.2) is 0 Å². The summed E-state index contributed by atoms with van der Waals surface area (Å²) in [5.74, 6) is -0.544. The molecular weight excluding hydrogens is 274 g/mol. The minimum absolute atomic E-state index is 0.170. The summed E-state index contributed by atoms with van der Waals surface area (Å²) in [4.78, 5) is 24.6. The highest BCUT2D eigenvalue weighted by atomic mass is 16.2. The quantitative estimate of drug-likeness (QED) is 0.514. The van der Waals surface area contributed by atoms with E-state index in [1.54, 1.807) is 25.1 Å². The normalized spacial score (nSPS) is 11.1. The Morgan fingerprint density at radius 1 is 1.00 bits per heavy atom. The Hall–Kier alpha value is -2.68. The van der Waals surface area contributed by atoms with E-state index in [2.05, 4.69) is 5.32 Å². The molecule has 0 fully saturated rings. The molecule has 0 radical (unpaired) electrons. The van der Waals surface area contributed by atoms with Gasteiger partial charge in [0.05, 0.1) is 5.57 Å². The average Bonchev–Trinajstić information content (AvgIpc) is 2.54. The molecule has 3 nitrogen and oxygen atoms in total. The molecule has 2 aromatic carbocycles. The summed E-state index contributed by atoms with van der Waals surface area (Å²) in [6.07, 6.45) is 1.96. The van der Waals surface area contributed by atoms with Crippen molar-refractivity contribution in [3.8, 4) is 0 Å². The molecule has 1 N–H and O–H groups in total. The molecule has 3 heteroatoms. The Labute approximate surface area is 130 Å². The Morgan fingerprint density at radius 3 is 2.27 bits per heavy atom. The van der Waals surface area contributed by atoms with Crippen LogP contribution >= 0.6 is 0 Å². The third-order valence-corrected chi connectivity index (χ3v) is 3.39. The molecule has 0 unspecified atom stereocenters. The molecule has 1 amide bonds. The highest BCUT2D eigenvalue weighted by Gasteiger charge is 2.17.